The lowest BCUT2D eigenvalue weighted by Crippen LogP contribution is -3.25. The molecule has 0 bridgehead atoms. The van der Waals surface area contributed by atoms with Gasteiger partial charge in [0.15, 0.2) is 0 Å². The van der Waals surface area contributed by atoms with Gasteiger partial charge in [-0.15, -0.1) is 0 Å². The van der Waals surface area contributed by atoms with E-state index in [-0.39, 0.29) is 29.7 Å². The molecule has 4 rings (SSSR count). The number of hydrogen-bond donors (Lipinski definition) is 3. The van der Waals surface area contributed by atoms with Crippen molar-refractivity contribution in [1.29, 1.82) is 0 Å². The number of nitrogens with one attached hydrogen (secondary N) is 3. The third-order valence-electron chi connectivity index (χ3n) is 7.05. The molecule has 174 valence electrons. The molecule has 0 unspecified atom stereocenters. The van der Waals surface area contributed by atoms with Gasteiger partial charge in [0.2, 0.25) is 5.91 Å². The maximum absolute atomic E-state index is 13.0. The Hall–Kier alpha value is -2.42. The number of carbonyl (C=O) groups is 1. The van der Waals surface area contributed by atoms with Crippen LogP contribution in [-0.4, -0.2) is 47.6 Å². The highest BCUT2D eigenvalue weighted by Crippen LogP contribution is 2.32. The zero-order valence-electron chi connectivity index (χ0n) is 18.5. The van der Waals surface area contributed by atoms with Gasteiger partial charge in [-0.3, -0.25) is 4.79 Å². The van der Waals surface area contributed by atoms with E-state index >= 15 is 0 Å². The van der Waals surface area contributed by atoms with Gasteiger partial charge in [0, 0.05) is 5.39 Å². The van der Waals surface area contributed by atoms with Gasteiger partial charge in [0.1, 0.15) is 31.3 Å². The van der Waals surface area contributed by atoms with Gasteiger partial charge < -0.3 is 15.5 Å². The van der Waals surface area contributed by atoms with Gasteiger partial charge in [0.05, 0.1) is 23.7 Å². The minimum Gasteiger partial charge on any atom is -0.360 e. The van der Waals surface area contributed by atoms with Crippen LogP contribution in [0, 0.1) is 11.8 Å². The second-order valence-corrected chi connectivity index (χ2v) is 9.49. The number of nitrogens with zero attached hydrogens (tertiary/aromatic N) is 2. The van der Waals surface area contributed by atoms with Gasteiger partial charge in [-0.2, -0.15) is 13.2 Å². The van der Waals surface area contributed by atoms with Crippen molar-refractivity contribution in [2.45, 2.75) is 57.8 Å². The fourth-order valence-electron chi connectivity index (χ4n) is 5.02. The smallest absolute Gasteiger partial charge is 0.360 e. The summed E-state index contributed by atoms with van der Waals surface area (Å²) in [4.78, 5) is 22.0. The Morgan fingerprint density at radius 3 is 2.53 bits per heavy atom. The number of anilines is 1. The highest BCUT2D eigenvalue weighted by molar-refractivity contribution is 5.91. The van der Waals surface area contributed by atoms with Crippen LogP contribution in [0.3, 0.4) is 0 Å². The van der Waals surface area contributed by atoms with E-state index in [2.05, 4.69) is 34.4 Å². The molecule has 1 saturated heterocycles. The molecule has 9 heteroatoms. The summed E-state index contributed by atoms with van der Waals surface area (Å²) in [7, 11) is 0. The highest BCUT2D eigenvalue weighted by Gasteiger charge is 2.39. The van der Waals surface area contributed by atoms with Crippen molar-refractivity contribution in [2.75, 3.05) is 25.0 Å². The Morgan fingerprint density at radius 1 is 1.16 bits per heavy atom. The number of amides is 1. The first-order chi connectivity index (χ1) is 15.2. The fourth-order valence-corrected chi connectivity index (χ4v) is 5.02. The SMILES string of the molecule is CC(C)C1CCC([NH+]2CC(NC(=O)CNc3ncnc4ccc(C(F)(F)F)cc34)C2)CC1. The Bertz CT molecular complexity index is 950. The molecule has 1 aromatic carbocycles. The highest BCUT2D eigenvalue weighted by atomic mass is 19.4. The van der Waals surface area contributed by atoms with Crippen LogP contribution < -0.4 is 15.5 Å². The number of quaternary nitrogens is 1. The summed E-state index contributed by atoms with van der Waals surface area (Å²) in [5.74, 6) is 1.64. The normalized spacial score (nSPS) is 26.1. The van der Waals surface area contributed by atoms with Crippen molar-refractivity contribution >= 4 is 22.6 Å². The van der Waals surface area contributed by atoms with E-state index < -0.39 is 11.7 Å². The summed E-state index contributed by atoms with van der Waals surface area (Å²) < 4.78 is 39.1. The maximum atomic E-state index is 13.0. The zero-order chi connectivity index (χ0) is 22.9. The van der Waals surface area contributed by atoms with Crippen molar-refractivity contribution in [3.8, 4) is 0 Å². The second-order valence-electron chi connectivity index (χ2n) is 9.49. The van der Waals surface area contributed by atoms with Crippen LogP contribution in [0.2, 0.25) is 0 Å². The molecule has 1 saturated carbocycles. The summed E-state index contributed by atoms with van der Waals surface area (Å²) in [5.41, 5.74) is -0.381. The number of carbonyl (C=O) groups excluding carboxylic acids is 1. The monoisotopic (exact) mass is 450 g/mol. The molecular weight excluding hydrogens is 419 g/mol. The van der Waals surface area contributed by atoms with Gasteiger partial charge in [-0.05, 0) is 55.7 Å². The van der Waals surface area contributed by atoms with E-state index in [0.717, 1.165) is 37.1 Å². The van der Waals surface area contributed by atoms with Crippen molar-refractivity contribution in [3.63, 3.8) is 0 Å². The average Bonchev–Trinajstić information content (AvgIpc) is 2.73. The maximum Gasteiger partial charge on any atom is 0.416 e. The molecule has 2 aromatic rings. The number of alkyl halides is 3. The first-order valence-electron chi connectivity index (χ1n) is 11.4. The molecule has 0 atom stereocenters. The molecule has 3 N–H and O–H groups in total. The number of fused-ring (bicyclic) bond motifs is 1. The minimum absolute atomic E-state index is 0.0479. The van der Waals surface area contributed by atoms with Crippen molar-refractivity contribution in [3.05, 3.63) is 30.1 Å². The Morgan fingerprint density at radius 2 is 1.88 bits per heavy atom. The standard InChI is InChI=1S/C23H30F3N5O/c1-14(2)15-3-6-18(7-4-15)31-11-17(12-31)30-21(32)10-27-22-19-9-16(23(24,25)26)5-8-20(19)28-13-29-22/h5,8-9,13-15,17-18H,3-4,6-7,10-12H2,1-2H3,(H,30,32)(H,27,28,29)/p+1. The molecule has 6 nitrogen and oxygen atoms in total. The zero-order valence-corrected chi connectivity index (χ0v) is 18.5. The fraction of sp³-hybridized carbons (Fsp3) is 0.609. The van der Waals surface area contributed by atoms with Crippen LogP contribution in [0.15, 0.2) is 24.5 Å². The molecule has 2 heterocycles. The molecule has 2 fully saturated rings. The minimum atomic E-state index is -4.45. The topological polar surface area (TPSA) is 71.3 Å². The van der Waals surface area contributed by atoms with Crippen LogP contribution in [-0.2, 0) is 11.0 Å². The third-order valence-corrected chi connectivity index (χ3v) is 7.05. The summed E-state index contributed by atoms with van der Waals surface area (Å²) in [6, 6.07) is 4.17. The lowest BCUT2D eigenvalue weighted by Gasteiger charge is -2.43. The summed E-state index contributed by atoms with van der Waals surface area (Å²) in [5, 5.41) is 6.14. The molecule has 0 spiro atoms. The van der Waals surface area contributed by atoms with E-state index in [1.54, 1.807) is 4.90 Å². The predicted molar refractivity (Wildman–Crippen MR) is 116 cm³/mol. The van der Waals surface area contributed by atoms with Gasteiger partial charge in [0.25, 0.3) is 0 Å². The molecule has 1 aliphatic carbocycles. The van der Waals surface area contributed by atoms with Crippen LogP contribution in [0.4, 0.5) is 19.0 Å². The summed E-state index contributed by atoms with van der Waals surface area (Å²) >= 11 is 0. The Kier molecular flexibility index (Phi) is 6.55. The van der Waals surface area contributed by atoms with Gasteiger partial charge >= 0.3 is 6.18 Å². The van der Waals surface area contributed by atoms with E-state index in [1.165, 1.54) is 38.1 Å². The Balaban J connectivity index is 1.26. The van der Waals surface area contributed by atoms with Crippen LogP contribution in [0.5, 0.6) is 0 Å². The molecule has 0 radical (unpaired) electrons. The first kappa shape index (κ1) is 22.8. The number of aromatic nitrogens is 2. The third kappa shape index (κ3) is 5.14. The lowest BCUT2D eigenvalue weighted by atomic mass is 9.78. The molecule has 2 aliphatic rings. The van der Waals surface area contributed by atoms with Gasteiger partial charge in [-0.1, -0.05) is 13.8 Å². The quantitative estimate of drug-likeness (QED) is 0.633. The largest absolute Gasteiger partial charge is 0.416 e. The van der Waals surface area contributed by atoms with E-state index in [0.29, 0.717) is 11.6 Å². The van der Waals surface area contributed by atoms with E-state index in [4.69, 9.17) is 0 Å². The van der Waals surface area contributed by atoms with Crippen molar-refractivity contribution in [2.24, 2.45) is 11.8 Å². The number of benzene rings is 1. The molecule has 1 amide bonds. The molecule has 1 aromatic heterocycles. The Labute approximate surface area is 186 Å². The van der Waals surface area contributed by atoms with Crippen molar-refractivity contribution < 1.29 is 22.9 Å². The second kappa shape index (κ2) is 9.21. The van der Waals surface area contributed by atoms with Gasteiger partial charge in [-0.25, -0.2) is 9.97 Å². The van der Waals surface area contributed by atoms with E-state index in [9.17, 15) is 18.0 Å². The summed E-state index contributed by atoms with van der Waals surface area (Å²) in [6.07, 6.45) is 1.95. The van der Waals surface area contributed by atoms with Crippen LogP contribution >= 0.6 is 0 Å². The molecule has 1 aliphatic heterocycles. The average molecular weight is 451 g/mol. The number of rotatable bonds is 6. The number of halogens is 3. The number of likely N-dealkylation sites (tertiary alicyclic amines) is 1. The lowest BCUT2D eigenvalue weighted by molar-refractivity contribution is -0.966. The number of hydrogen-bond acceptors (Lipinski definition) is 4. The first-order valence-corrected chi connectivity index (χ1v) is 11.4. The van der Waals surface area contributed by atoms with Crippen LogP contribution in [0.1, 0.15) is 45.1 Å². The molecule has 32 heavy (non-hydrogen) atoms. The predicted octanol–water partition coefficient (Wildman–Crippen LogP) is 2.66. The van der Waals surface area contributed by atoms with Crippen LogP contribution in [0.25, 0.3) is 10.9 Å². The molecular formula is C23H31F3N5O+. The summed E-state index contributed by atoms with van der Waals surface area (Å²) in [6.45, 7) is 6.44. The van der Waals surface area contributed by atoms with Crippen molar-refractivity contribution in [1.82, 2.24) is 15.3 Å². The van der Waals surface area contributed by atoms with E-state index in [1.807, 2.05) is 0 Å².